The lowest BCUT2D eigenvalue weighted by atomic mass is 10.1. The third-order valence-electron chi connectivity index (χ3n) is 2.35. The van der Waals surface area contributed by atoms with Gasteiger partial charge in [-0.25, -0.2) is 0 Å². The highest BCUT2D eigenvalue weighted by atomic mass is 16.2. The van der Waals surface area contributed by atoms with Crippen LogP contribution in [-0.2, 0) is 0 Å². The minimum atomic E-state index is -0.103. The molecule has 3 N–H and O–H groups in total. The zero-order chi connectivity index (χ0) is 9.97. The molecular formula is C8H13N5O. The number of carbonyl (C=O) groups excluding carboxylic acids is 1. The number of nitrogens with two attached hydrogens (primary N) is 1. The van der Waals surface area contributed by atoms with Crippen molar-refractivity contribution in [3.05, 3.63) is 5.82 Å². The fourth-order valence-electron chi connectivity index (χ4n) is 1.62. The molecule has 0 bridgehead atoms. The third-order valence-corrected chi connectivity index (χ3v) is 2.35. The molecule has 0 aromatic carbocycles. The summed E-state index contributed by atoms with van der Waals surface area (Å²) in [5, 5.41) is 6.15. The van der Waals surface area contributed by atoms with E-state index in [9.17, 15) is 4.79 Å². The van der Waals surface area contributed by atoms with Gasteiger partial charge in [0.25, 0.3) is 5.91 Å². The molecule has 1 aromatic heterocycles. The normalized spacial score (nSPS) is 17.0. The average Bonchev–Trinajstić information content (AvgIpc) is 2.65. The second-order valence-corrected chi connectivity index (χ2v) is 3.40. The fourth-order valence-corrected chi connectivity index (χ4v) is 1.62. The number of amides is 1. The van der Waals surface area contributed by atoms with Crippen LogP contribution in [0.1, 0.15) is 29.9 Å². The molecule has 0 aliphatic carbocycles. The van der Waals surface area contributed by atoms with E-state index < -0.39 is 0 Å². The number of nitrogens with one attached hydrogen (secondary N) is 1. The van der Waals surface area contributed by atoms with Crippen LogP contribution in [0, 0.1) is 0 Å². The molecule has 0 radical (unpaired) electrons. The Labute approximate surface area is 81.5 Å². The van der Waals surface area contributed by atoms with Gasteiger partial charge in [-0.3, -0.25) is 9.89 Å². The predicted molar refractivity (Wildman–Crippen MR) is 50.5 cm³/mol. The van der Waals surface area contributed by atoms with Crippen molar-refractivity contribution in [2.45, 2.75) is 19.3 Å². The first-order chi connectivity index (χ1) is 6.77. The van der Waals surface area contributed by atoms with E-state index in [1.54, 1.807) is 4.90 Å². The second kappa shape index (κ2) is 3.65. The summed E-state index contributed by atoms with van der Waals surface area (Å²) in [5.41, 5.74) is 5.32. The summed E-state index contributed by atoms with van der Waals surface area (Å²) >= 11 is 0. The first-order valence-corrected chi connectivity index (χ1v) is 4.74. The topological polar surface area (TPSA) is 87.9 Å². The quantitative estimate of drug-likeness (QED) is 0.660. The predicted octanol–water partition coefficient (Wildman–Crippen LogP) is 0.0130. The average molecular weight is 195 g/mol. The van der Waals surface area contributed by atoms with E-state index in [2.05, 4.69) is 15.2 Å². The molecule has 14 heavy (non-hydrogen) atoms. The van der Waals surface area contributed by atoms with Crippen LogP contribution in [0.4, 0.5) is 5.95 Å². The van der Waals surface area contributed by atoms with E-state index >= 15 is 0 Å². The number of rotatable bonds is 1. The summed E-state index contributed by atoms with van der Waals surface area (Å²) in [6, 6.07) is 0. The summed E-state index contributed by atoms with van der Waals surface area (Å²) < 4.78 is 0. The minimum Gasteiger partial charge on any atom is -0.366 e. The molecule has 1 fully saturated rings. The monoisotopic (exact) mass is 195 g/mol. The van der Waals surface area contributed by atoms with Crippen LogP contribution in [-0.4, -0.2) is 39.1 Å². The van der Waals surface area contributed by atoms with Crippen LogP contribution in [0.15, 0.2) is 0 Å². The van der Waals surface area contributed by atoms with Crippen molar-refractivity contribution in [2.75, 3.05) is 18.8 Å². The van der Waals surface area contributed by atoms with Crippen molar-refractivity contribution in [1.82, 2.24) is 20.1 Å². The molecule has 1 aliphatic rings. The fraction of sp³-hybridized carbons (Fsp3) is 0.625. The summed E-state index contributed by atoms with van der Waals surface area (Å²) in [6.07, 6.45) is 3.33. The number of aromatic amines is 1. The van der Waals surface area contributed by atoms with Crippen molar-refractivity contribution in [2.24, 2.45) is 0 Å². The van der Waals surface area contributed by atoms with Crippen LogP contribution in [0.2, 0.25) is 0 Å². The molecule has 1 aliphatic heterocycles. The number of nitrogens with zero attached hydrogens (tertiary/aromatic N) is 3. The molecule has 0 spiro atoms. The number of nitrogen functional groups attached to an aromatic ring is 1. The zero-order valence-corrected chi connectivity index (χ0v) is 7.86. The third kappa shape index (κ3) is 1.68. The lowest BCUT2D eigenvalue weighted by Gasteiger charge is -2.25. The molecule has 0 saturated carbocycles. The van der Waals surface area contributed by atoms with Crippen molar-refractivity contribution in [1.29, 1.82) is 0 Å². The molecule has 6 heteroatoms. The summed E-state index contributed by atoms with van der Waals surface area (Å²) in [4.78, 5) is 17.3. The Morgan fingerprint density at radius 3 is 2.64 bits per heavy atom. The Morgan fingerprint density at radius 2 is 2.07 bits per heavy atom. The Morgan fingerprint density at radius 1 is 1.36 bits per heavy atom. The highest BCUT2D eigenvalue weighted by Gasteiger charge is 2.20. The van der Waals surface area contributed by atoms with Gasteiger partial charge in [-0.15, -0.1) is 5.10 Å². The summed E-state index contributed by atoms with van der Waals surface area (Å²) in [6.45, 7) is 1.61. The largest absolute Gasteiger partial charge is 0.366 e. The van der Waals surface area contributed by atoms with Crippen LogP contribution < -0.4 is 5.73 Å². The SMILES string of the molecule is Nc1n[nH]c(C(=O)N2CCCCC2)n1. The van der Waals surface area contributed by atoms with E-state index in [-0.39, 0.29) is 17.7 Å². The zero-order valence-electron chi connectivity index (χ0n) is 7.86. The number of aromatic nitrogens is 3. The number of piperidine rings is 1. The smallest absolute Gasteiger partial charge is 0.291 e. The Balaban J connectivity index is 2.07. The lowest BCUT2D eigenvalue weighted by molar-refractivity contribution is 0.0712. The van der Waals surface area contributed by atoms with Gasteiger partial charge in [-0.2, -0.15) is 4.98 Å². The van der Waals surface area contributed by atoms with Gasteiger partial charge in [-0.05, 0) is 19.3 Å². The van der Waals surface area contributed by atoms with Gasteiger partial charge in [0, 0.05) is 13.1 Å². The van der Waals surface area contributed by atoms with Crippen molar-refractivity contribution in [3.63, 3.8) is 0 Å². The Hall–Kier alpha value is -1.59. The Bertz CT molecular complexity index is 328. The molecule has 2 rings (SSSR count). The minimum absolute atomic E-state index is 0.103. The number of likely N-dealkylation sites (tertiary alicyclic amines) is 1. The van der Waals surface area contributed by atoms with Crippen molar-refractivity contribution < 1.29 is 4.79 Å². The standard InChI is InChI=1S/C8H13N5O/c9-8-10-6(11-12-8)7(14)13-4-2-1-3-5-13/h1-5H2,(H3,9,10,11,12). The molecule has 0 unspecified atom stereocenters. The molecule has 6 nitrogen and oxygen atoms in total. The molecule has 1 amide bonds. The lowest BCUT2D eigenvalue weighted by Crippen LogP contribution is -2.36. The van der Waals surface area contributed by atoms with Crippen molar-refractivity contribution >= 4 is 11.9 Å². The maximum Gasteiger partial charge on any atom is 0.291 e. The first-order valence-electron chi connectivity index (χ1n) is 4.74. The number of H-pyrrole nitrogens is 1. The van der Waals surface area contributed by atoms with Gasteiger partial charge >= 0.3 is 0 Å². The van der Waals surface area contributed by atoms with Gasteiger partial charge in [0.1, 0.15) is 0 Å². The number of hydrogen-bond acceptors (Lipinski definition) is 4. The van der Waals surface area contributed by atoms with Gasteiger partial charge < -0.3 is 10.6 Å². The van der Waals surface area contributed by atoms with Gasteiger partial charge in [-0.1, -0.05) is 0 Å². The first kappa shape index (κ1) is 8.98. The van der Waals surface area contributed by atoms with E-state index in [1.165, 1.54) is 6.42 Å². The van der Waals surface area contributed by atoms with E-state index in [0.29, 0.717) is 0 Å². The summed E-state index contributed by atoms with van der Waals surface area (Å²) in [7, 11) is 0. The maximum absolute atomic E-state index is 11.7. The van der Waals surface area contributed by atoms with Gasteiger partial charge in [0.2, 0.25) is 11.8 Å². The van der Waals surface area contributed by atoms with E-state index in [1.807, 2.05) is 0 Å². The van der Waals surface area contributed by atoms with E-state index in [4.69, 9.17) is 5.73 Å². The van der Waals surface area contributed by atoms with Crippen LogP contribution in [0.25, 0.3) is 0 Å². The van der Waals surface area contributed by atoms with Gasteiger partial charge in [0.15, 0.2) is 0 Å². The highest BCUT2D eigenvalue weighted by molar-refractivity contribution is 5.90. The van der Waals surface area contributed by atoms with Crippen LogP contribution >= 0.6 is 0 Å². The van der Waals surface area contributed by atoms with E-state index in [0.717, 1.165) is 25.9 Å². The Kier molecular flexibility index (Phi) is 2.34. The van der Waals surface area contributed by atoms with Crippen LogP contribution in [0.5, 0.6) is 0 Å². The number of carbonyl (C=O) groups is 1. The maximum atomic E-state index is 11.7. The van der Waals surface area contributed by atoms with Crippen LogP contribution in [0.3, 0.4) is 0 Å². The summed E-state index contributed by atoms with van der Waals surface area (Å²) in [5.74, 6) is 0.253. The van der Waals surface area contributed by atoms with Gasteiger partial charge in [0.05, 0.1) is 0 Å². The molecule has 2 heterocycles. The highest BCUT2D eigenvalue weighted by Crippen LogP contribution is 2.11. The molecule has 1 saturated heterocycles. The molecule has 76 valence electrons. The molecule has 1 aromatic rings. The number of hydrogen-bond donors (Lipinski definition) is 2. The second-order valence-electron chi connectivity index (χ2n) is 3.40. The number of anilines is 1. The van der Waals surface area contributed by atoms with Crippen molar-refractivity contribution in [3.8, 4) is 0 Å². The molecule has 0 atom stereocenters. The molecular weight excluding hydrogens is 182 g/mol.